The topological polar surface area (TPSA) is 101 Å². The van der Waals surface area contributed by atoms with Crippen LogP contribution in [-0.4, -0.2) is 56.1 Å². The second kappa shape index (κ2) is 38.9. The molecule has 10 aromatic carbocycles. The Balaban J connectivity index is 0.0000000945. The number of allylic oxidation sites excluding steroid dienone is 6. The first-order valence-electron chi connectivity index (χ1n) is 62.1. The van der Waals surface area contributed by atoms with Crippen molar-refractivity contribution in [2.24, 2.45) is 161 Å². The van der Waals surface area contributed by atoms with Crippen LogP contribution < -0.4 is 0 Å². The van der Waals surface area contributed by atoms with E-state index >= 15 is 0 Å². The maximum absolute atomic E-state index is 10.3. The highest BCUT2D eigenvalue weighted by Crippen LogP contribution is 2.76. The van der Waals surface area contributed by atoms with Crippen molar-refractivity contribution in [1.29, 1.82) is 0 Å². The lowest BCUT2D eigenvalue weighted by atomic mass is 9.44. The Morgan fingerprint density at radius 2 is 0.467 bits per heavy atom. The number of rotatable bonds is 5. The van der Waals surface area contributed by atoms with Gasteiger partial charge in [-0.1, -0.05) is 305 Å². The predicted molar refractivity (Wildman–Crippen MR) is 623 cm³/mol. The van der Waals surface area contributed by atoms with Crippen molar-refractivity contribution in [2.45, 2.75) is 381 Å². The van der Waals surface area contributed by atoms with E-state index < -0.39 is 0 Å². The van der Waals surface area contributed by atoms with Crippen LogP contribution >= 0.6 is 0 Å². The van der Waals surface area contributed by atoms with Gasteiger partial charge in [-0.15, -0.1) is 0 Å². The van der Waals surface area contributed by atoms with Crippen LogP contribution in [-0.2, 0) is 0 Å². The second-order valence-corrected chi connectivity index (χ2v) is 57.7. The molecule has 30 rings (SSSR count). The molecular weight excluding hydrogens is 1820 g/mol. The fourth-order valence-corrected chi connectivity index (χ4v) is 43.6. The third-order valence-corrected chi connectivity index (χ3v) is 51.9. The zero-order chi connectivity index (χ0) is 103. The van der Waals surface area contributed by atoms with Crippen molar-refractivity contribution in [1.82, 2.24) is 0 Å². The molecule has 0 bridgehead atoms. The van der Waals surface area contributed by atoms with Gasteiger partial charge in [-0.05, 0) is 547 Å². The molecule has 0 amide bonds. The molecule has 0 unspecified atom stereocenters. The molecule has 16 fully saturated rings. The molecule has 0 heterocycles. The largest absolute Gasteiger partial charge is 0.393 e. The van der Waals surface area contributed by atoms with Gasteiger partial charge >= 0.3 is 0 Å². The van der Waals surface area contributed by atoms with E-state index in [1.165, 1.54) is 264 Å². The van der Waals surface area contributed by atoms with Crippen LogP contribution in [0, 0.1) is 161 Å². The molecule has 5 heteroatoms. The number of hydrogen-bond donors (Lipinski definition) is 5. The SMILES string of the molecule is C[C@]12CC[C@@H](O)C[C@@H]1CC[C@@H]1[C@@H]2CC[C@]2(C)[C@@H](c3ccc4ccccc4c3)CC[C@@H]12.C[C@]12CC[C@H](O)CC1=CC[C@@H]1[C@@H]2CC[C@]2(C)C(c3ccc4ccccc4c3)=CC[C@@H]12.C[C@]12CC[C@H](O)C[C@@H]1CC[C@@H]1[C@@H]2CC[C@]2(C)C(c3ccc4ccccc4c3)=CC[C@@H]12.C[C@]12CC[C@H](O)C[C@@H]1CC[C@@H]1[C@@H]2CC[C@]2(C)[C@@H](c3ccc4ccccc4c3)CC[C@@H]12.C[C@]12CC[C@H]3[C@@H](CC=C4C[C@@H](O)CC[C@@]43C)[C@@H]1CC[C@@H]2c1ccc2ccccc2c1. The molecule has 0 spiro atoms. The average Bonchev–Trinajstić information content (AvgIpc) is 1.49. The molecule has 10 aromatic rings. The van der Waals surface area contributed by atoms with E-state index in [9.17, 15) is 25.5 Å². The Kier molecular flexibility index (Phi) is 26.3. The molecule has 16 saturated carbocycles. The van der Waals surface area contributed by atoms with Crippen molar-refractivity contribution in [3.05, 3.63) is 276 Å². The highest BCUT2D eigenvalue weighted by Gasteiger charge is 2.67. The lowest BCUT2D eigenvalue weighted by Gasteiger charge is -2.61. The zero-order valence-electron chi connectivity index (χ0n) is 93.3. The summed E-state index contributed by atoms with van der Waals surface area (Å²) in [4.78, 5) is 0. The lowest BCUT2D eigenvalue weighted by molar-refractivity contribution is -0.122. The van der Waals surface area contributed by atoms with Crippen LogP contribution in [0.5, 0.6) is 0 Å². The monoisotopic (exact) mass is 2000 g/mol. The highest BCUT2D eigenvalue weighted by molar-refractivity contribution is 5.90. The molecular formula is C145H182O5. The minimum Gasteiger partial charge on any atom is -0.393 e. The molecule has 5 N–H and O–H groups in total. The van der Waals surface area contributed by atoms with E-state index in [1.807, 2.05) is 0 Å². The van der Waals surface area contributed by atoms with Gasteiger partial charge in [0.1, 0.15) is 0 Å². The first-order valence-corrected chi connectivity index (χ1v) is 62.1. The maximum Gasteiger partial charge on any atom is 0.0577 e. The zero-order valence-corrected chi connectivity index (χ0v) is 93.3. The van der Waals surface area contributed by atoms with Crippen LogP contribution in [0.4, 0.5) is 0 Å². The predicted octanol–water partition coefficient (Wildman–Crippen LogP) is 36.3. The van der Waals surface area contributed by atoms with E-state index in [-0.39, 0.29) is 30.5 Å². The summed E-state index contributed by atoms with van der Waals surface area (Å²) in [6, 6.07) is 80.1. The maximum atomic E-state index is 10.3. The summed E-state index contributed by atoms with van der Waals surface area (Å²) in [5.74, 6) is 17.3. The third kappa shape index (κ3) is 16.8. The smallest absolute Gasteiger partial charge is 0.0577 e. The Labute approximate surface area is 901 Å². The Hall–Kier alpha value is -7.74. The summed E-state index contributed by atoms with van der Waals surface area (Å²) in [6.45, 7) is 26.0. The number of hydrogen-bond acceptors (Lipinski definition) is 5. The molecule has 5 nitrogen and oxygen atoms in total. The fourth-order valence-electron chi connectivity index (χ4n) is 43.6. The molecule has 0 aliphatic heterocycles. The standard InChI is InChI=1S/2C29H38O.2C29H36O.C29H34O/c5*1-28-15-13-23(30)18-22(28)9-10-24-26-12-11-25(29(26,2)16-14-27(24)28)21-8-7-19-5-3-4-6-20(19)17-21/h2*3-8,17,22-27,30H,9-16,18H2,1-2H3;3-8,11,17,22-24,26-27,30H,9-10,12-16,18H2,1-2H3;3-9,17,23-27,30H,10-16,18H2,1-2H3;3-9,11,17,23-24,26-27,30H,10,12-16,18H2,1-2H3/t22-,23+,24-,25+,26-,27-,28-,29+;22-,23-,24-,25+,26-,27-,28-,29+;22-,23-,24-,26-,27-,28-,29+;23-,24-,25+,26-,27-,28-,29+;23-,24-,26-,27-,28-,29+/m00000/s1. The molecule has 36 atom stereocenters. The summed E-state index contributed by atoms with van der Waals surface area (Å²) >= 11 is 0. The minimum atomic E-state index is -0.109. The van der Waals surface area contributed by atoms with Crippen LogP contribution in [0.3, 0.4) is 0 Å². The number of aliphatic hydroxyl groups excluding tert-OH is 5. The van der Waals surface area contributed by atoms with Gasteiger partial charge < -0.3 is 25.5 Å². The van der Waals surface area contributed by atoms with Crippen LogP contribution in [0.15, 0.2) is 248 Å². The van der Waals surface area contributed by atoms with Crippen molar-refractivity contribution in [3.63, 3.8) is 0 Å². The molecule has 20 aliphatic carbocycles. The van der Waals surface area contributed by atoms with Crippen LogP contribution in [0.1, 0.15) is 378 Å². The van der Waals surface area contributed by atoms with Crippen molar-refractivity contribution >= 4 is 65.0 Å². The summed E-state index contributed by atoms with van der Waals surface area (Å²) in [7, 11) is 0. The van der Waals surface area contributed by atoms with E-state index in [0.29, 0.717) is 60.1 Å². The van der Waals surface area contributed by atoms with E-state index in [1.54, 1.807) is 39.0 Å². The van der Waals surface area contributed by atoms with Crippen LogP contribution in [0.2, 0.25) is 0 Å². The van der Waals surface area contributed by atoms with Gasteiger partial charge in [0.15, 0.2) is 0 Å². The molecule has 0 saturated heterocycles. The highest BCUT2D eigenvalue weighted by atomic mass is 16.3. The Morgan fingerprint density at radius 3 is 0.827 bits per heavy atom. The van der Waals surface area contributed by atoms with Gasteiger partial charge in [-0.2, -0.15) is 0 Å². The molecule has 20 aliphatic rings. The van der Waals surface area contributed by atoms with Crippen molar-refractivity contribution in [3.8, 4) is 0 Å². The first-order chi connectivity index (χ1) is 72.4. The number of benzene rings is 10. The van der Waals surface area contributed by atoms with Gasteiger partial charge in [0.2, 0.25) is 0 Å². The summed E-state index contributed by atoms with van der Waals surface area (Å²) in [5.41, 5.74) is 18.2. The normalized spacial score (nSPS) is 43.4. The lowest BCUT2D eigenvalue weighted by Crippen LogP contribution is -2.53. The Morgan fingerprint density at radius 1 is 0.200 bits per heavy atom. The molecule has 792 valence electrons. The number of aliphatic hydroxyl groups is 5. The summed E-state index contributed by atoms with van der Waals surface area (Å²) < 4.78 is 0. The summed E-state index contributed by atoms with van der Waals surface area (Å²) in [6.07, 6.45) is 61.7. The first kappa shape index (κ1) is 101. The number of fused-ring (bicyclic) bond motifs is 30. The fraction of sp³-hybridized carbons (Fsp3) is 0.600. The Bertz CT molecular complexity index is 6580. The van der Waals surface area contributed by atoms with Gasteiger partial charge in [0, 0.05) is 0 Å². The van der Waals surface area contributed by atoms with Crippen LogP contribution in [0.25, 0.3) is 65.0 Å². The third-order valence-electron chi connectivity index (χ3n) is 51.9. The summed E-state index contributed by atoms with van der Waals surface area (Å²) in [5, 5.41) is 65.0. The van der Waals surface area contributed by atoms with Crippen molar-refractivity contribution in [2.75, 3.05) is 0 Å². The van der Waals surface area contributed by atoms with Gasteiger partial charge in [0.25, 0.3) is 0 Å². The van der Waals surface area contributed by atoms with E-state index in [2.05, 4.69) is 306 Å². The van der Waals surface area contributed by atoms with E-state index in [0.717, 1.165) is 183 Å². The van der Waals surface area contributed by atoms with Crippen molar-refractivity contribution < 1.29 is 25.5 Å². The van der Waals surface area contributed by atoms with Gasteiger partial charge in [0.05, 0.1) is 30.5 Å². The average molecular weight is 2010 g/mol. The van der Waals surface area contributed by atoms with Gasteiger partial charge in [-0.3, -0.25) is 0 Å². The molecule has 0 radical (unpaired) electrons. The van der Waals surface area contributed by atoms with E-state index in [4.69, 9.17) is 0 Å². The molecule has 0 aromatic heterocycles. The molecule has 150 heavy (non-hydrogen) atoms. The quantitative estimate of drug-likeness (QED) is 0.111. The minimum absolute atomic E-state index is 0.0303. The van der Waals surface area contributed by atoms with Gasteiger partial charge in [-0.25, -0.2) is 0 Å². The second-order valence-electron chi connectivity index (χ2n) is 57.7.